The molecular formula is C27H32FN5O2. The van der Waals surface area contributed by atoms with E-state index in [4.69, 9.17) is 4.74 Å². The summed E-state index contributed by atoms with van der Waals surface area (Å²) in [6.45, 7) is 4.85. The van der Waals surface area contributed by atoms with Crippen LogP contribution in [0.5, 0.6) is 11.6 Å². The summed E-state index contributed by atoms with van der Waals surface area (Å²) in [5, 5.41) is 27.0. The second-order valence-electron chi connectivity index (χ2n) is 10.9. The molecule has 0 unspecified atom stereocenters. The van der Waals surface area contributed by atoms with Crippen molar-refractivity contribution in [3.63, 3.8) is 0 Å². The SMILES string of the molecule is COc1cc(-c2cc(O)c(-c3ccc(N(C)[C@H]4C[C@]5(C)CCC[C@](C)(C4)C5)nn3)c(F)c2)cnn1. The van der Waals surface area contributed by atoms with Gasteiger partial charge in [0.1, 0.15) is 11.6 Å². The molecule has 3 atom stereocenters. The lowest BCUT2D eigenvalue weighted by Gasteiger charge is -2.54. The number of phenols is 1. The maximum absolute atomic E-state index is 15.1. The number of nitrogens with zero attached hydrogens (tertiary/aromatic N) is 5. The number of halogens is 1. The fourth-order valence-corrected chi connectivity index (χ4v) is 6.43. The molecule has 0 radical (unpaired) electrons. The zero-order valence-corrected chi connectivity index (χ0v) is 20.8. The summed E-state index contributed by atoms with van der Waals surface area (Å²) in [5.74, 6) is 0.262. The molecule has 0 amide bonds. The molecular weight excluding hydrogens is 445 g/mol. The number of phenolic OH excluding ortho intramolecular Hbond substituents is 1. The van der Waals surface area contributed by atoms with E-state index in [0.717, 1.165) is 18.7 Å². The van der Waals surface area contributed by atoms with Crippen molar-refractivity contribution < 1.29 is 14.2 Å². The van der Waals surface area contributed by atoms with E-state index in [1.165, 1.54) is 51.1 Å². The Labute approximate surface area is 205 Å². The highest BCUT2D eigenvalue weighted by Gasteiger charge is 2.47. The first kappa shape index (κ1) is 23.5. The van der Waals surface area contributed by atoms with Gasteiger partial charge in [-0.1, -0.05) is 20.3 Å². The topological polar surface area (TPSA) is 84.3 Å². The summed E-state index contributed by atoms with van der Waals surface area (Å²) >= 11 is 0. The van der Waals surface area contributed by atoms with Gasteiger partial charge in [0.05, 0.1) is 24.6 Å². The van der Waals surface area contributed by atoms with Crippen molar-refractivity contribution in [1.82, 2.24) is 20.4 Å². The quantitative estimate of drug-likeness (QED) is 0.509. The van der Waals surface area contributed by atoms with Crippen molar-refractivity contribution >= 4 is 5.82 Å². The first-order valence-electron chi connectivity index (χ1n) is 12.2. The highest BCUT2D eigenvalue weighted by atomic mass is 19.1. The molecule has 0 spiro atoms. The summed E-state index contributed by atoms with van der Waals surface area (Å²) in [4.78, 5) is 2.22. The van der Waals surface area contributed by atoms with Gasteiger partial charge in [-0.25, -0.2) is 4.39 Å². The monoisotopic (exact) mass is 477 g/mol. The number of aromatic hydroxyl groups is 1. The number of aromatic nitrogens is 4. The van der Waals surface area contributed by atoms with Gasteiger partial charge >= 0.3 is 0 Å². The van der Waals surface area contributed by atoms with Gasteiger partial charge in [-0.3, -0.25) is 0 Å². The van der Waals surface area contributed by atoms with Crippen LogP contribution in [-0.2, 0) is 0 Å². The van der Waals surface area contributed by atoms with Crippen molar-refractivity contribution in [3.05, 3.63) is 42.3 Å². The Kier molecular flexibility index (Phi) is 5.85. The van der Waals surface area contributed by atoms with Crippen molar-refractivity contribution in [2.75, 3.05) is 19.1 Å². The molecule has 2 saturated carbocycles. The predicted molar refractivity (Wildman–Crippen MR) is 133 cm³/mol. The fourth-order valence-electron chi connectivity index (χ4n) is 6.43. The van der Waals surface area contributed by atoms with Gasteiger partial charge in [0.15, 0.2) is 5.82 Å². The van der Waals surface area contributed by atoms with Gasteiger partial charge < -0.3 is 14.7 Å². The lowest BCUT2D eigenvalue weighted by molar-refractivity contribution is 0.0141. The zero-order valence-electron chi connectivity index (χ0n) is 20.8. The van der Waals surface area contributed by atoms with Crippen molar-refractivity contribution in [2.45, 2.75) is 58.4 Å². The molecule has 0 aliphatic heterocycles. The van der Waals surface area contributed by atoms with Gasteiger partial charge in [-0.2, -0.15) is 5.10 Å². The molecule has 8 heteroatoms. The minimum Gasteiger partial charge on any atom is -0.507 e. The summed E-state index contributed by atoms with van der Waals surface area (Å²) in [5.41, 5.74) is 2.11. The average molecular weight is 478 g/mol. The number of methoxy groups -OCH3 is 1. The summed E-state index contributed by atoms with van der Waals surface area (Å²) in [6, 6.07) is 8.44. The average Bonchev–Trinajstić information content (AvgIpc) is 2.82. The van der Waals surface area contributed by atoms with E-state index in [1.807, 2.05) is 6.07 Å². The molecule has 3 aromatic rings. The number of rotatable bonds is 5. The lowest BCUT2D eigenvalue weighted by atomic mass is 9.55. The molecule has 7 nitrogen and oxygen atoms in total. The second kappa shape index (κ2) is 8.73. The van der Waals surface area contributed by atoms with E-state index in [1.54, 1.807) is 12.1 Å². The number of ether oxygens (including phenoxy) is 1. The van der Waals surface area contributed by atoms with Crippen LogP contribution in [0.4, 0.5) is 10.2 Å². The molecule has 2 aliphatic carbocycles. The Morgan fingerprint density at radius 3 is 2.40 bits per heavy atom. The van der Waals surface area contributed by atoms with Crippen molar-refractivity contribution in [2.24, 2.45) is 10.8 Å². The zero-order chi connectivity index (χ0) is 24.8. The van der Waals surface area contributed by atoms with Gasteiger partial charge in [0, 0.05) is 24.7 Å². The minimum atomic E-state index is -0.591. The number of anilines is 1. The lowest BCUT2D eigenvalue weighted by Crippen LogP contribution is -2.49. The van der Waals surface area contributed by atoms with E-state index in [2.05, 4.69) is 46.2 Å². The van der Waals surface area contributed by atoms with E-state index < -0.39 is 5.82 Å². The van der Waals surface area contributed by atoms with Gasteiger partial charge in [0.25, 0.3) is 0 Å². The van der Waals surface area contributed by atoms with E-state index in [9.17, 15) is 5.11 Å². The fraction of sp³-hybridized carbons (Fsp3) is 0.481. The molecule has 5 rings (SSSR count). The second-order valence-corrected chi connectivity index (χ2v) is 10.9. The van der Waals surface area contributed by atoms with Crippen molar-refractivity contribution in [1.29, 1.82) is 0 Å². The van der Waals surface area contributed by atoms with Crippen LogP contribution in [0.1, 0.15) is 52.4 Å². The first-order chi connectivity index (χ1) is 16.7. The normalized spacial score (nSPS) is 25.8. The van der Waals surface area contributed by atoms with Crippen LogP contribution in [0.25, 0.3) is 22.4 Å². The molecule has 2 fully saturated rings. The van der Waals surface area contributed by atoms with Gasteiger partial charge in [0.2, 0.25) is 5.88 Å². The number of hydrogen-bond acceptors (Lipinski definition) is 7. The molecule has 184 valence electrons. The maximum Gasteiger partial charge on any atom is 0.233 e. The summed E-state index contributed by atoms with van der Waals surface area (Å²) < 4.78 is 20.2. The standard InChI is InChI=1S/C27H32FN5O2/c1-26-8-5-9-27(2,16-26)14-19(13-26)33(3)23-7-6-21(30-31-23)25-20(28)10-17(11-22(25)34)18-12-24(35-4)32-29-15-18/h6-7,10-12,15,19,34H,5,8-9,13-14,16H2,1-4H3/t19-,26-,27+. The van der Waals surface area contributed by atoms with Crippen LogP contribution in [0.15, 0.2) is 36.5 Å². The van der Waals surface area contributed by atoms with Crippen LogP contribution < -0.4 is 9.64 Å². The van der Waals surface area contributed by atoms with Crippen LogP contribution in [0.2, 0.25) is 0 Å². The number of benzene rings is 1. The molecule has 2 heterocycles. The minimum absolute atomic E-state index is 0.0247. The smallest absolute Gasteiger partial charge is 0.233 e. The Morgan fingerprint density at radius 1 is 1.03 bits per heavy atom. The van der Waals surface area contributed by atoms with Crippen LogP contribution in [0.3, 0.4) is 0 Å². The van der Waals surface area contributed by atoms with Crippen LogP contribution in [-0.4, -0.2) is 45.7 Å². The third-order valence-corrected chi connectivity index (χ3v) is 7.93. The van der Waals surface area contributed by atoms with Crippen LogP contribution in [0, 0.1) is 16.6 Å². The number of fused-ring (bicyclic) bond motifs is 2. The third-order valence-electron chi connectivity index (χ3n) is 7.93. The third kappa shape index (κ3) is 4.54. The molecule has 0 saturated heterocycles. The Morgan fingerprint density at radius 2 is 1.77 bits per heavy atom. The molecule has 1 N–H and O–H groups in total. The van der Waals surface area contributed by atoms with Gasteiger partial charge in [-0.05, 0) is 72.8 Å². The molecule has 35 heavy (non-hydrogen) atoms. The van der Waals surface area contributed by atoms with Crippen molar-refractivity contribution in [3.8, 4) is 34.0 Å². The van der Waals surface area contributed by atoms with E-state index in [0.29, 0.717) is 33.9 Å². The van der Waals surface area contributed by atoms with E-state index in [-0.39, 0.29) is 17.0 Å². The maximum atomic E-state index is 15.1. The highest BCUT2D eigenvalue weighted by molar-refractivity contribution is 5.75. The Bertz CT molecular complexity index is 1200. The van der Waals surface area contributed by atoms with Gasteiger partial charge in [-0.15, -0.1) is 15.3 Å². The molecule has 2 aromatic heterocycles. The largest absolute Gasteiger partial charge is 0.507 e. The Balaban J connectivity index is 1.39. The first-order valence-corrected chi connectivity index (χ1v) is 12.2. The molecule has 2 aliphatic rings. The highest BCUT2D eigenvalue weighted by Crippen LogP contribution is 2.56. The summed E-state index contributed by atoms with van der Waals surface area (Å²) in [6.07, 6.45) is 8.97. The van der Waals surface area contributed by atoms with E-state index >= 15 is 4.39 Å². The molecule has 1 aromatic carbocycles. The predicted octanol–water partition coefficient (Wildman–Crippen LogP) is 5.64. The molecule has 2 bridgehead atoms. The summed E-state index contributed by atoms with van der Waals surface area (Å²) in [7, 11) is 3.56. The number of hydrogen-bond donors (Lipinski definition) is 1. The Hall–Kier alpha value is -3.29. The van der Waals surface area contributed by atoms with Crippen LogP contribution >= 0.6 is 0 Å².